The van der Waals surface area contributed by atoms with Gasteiger partial charge in [0.1, 0.15) is 11.4 Å². The van der Waals surface area contributed by atoms with Crippen molar-refractivity contribution in [2.24, 2.45) is 5.10 Å². The molecule has 0 fully saturated rings. The molecule has 0 radical (unpaired) electrons. The Morgan fingerprint density at radius 2 is 1.76 bits per heavy atom. The fraction of sp³-hybridized carbons (Fsp3) is 0.174. The summed E-state index contributed by atoms with van der Waals surface area (Å²) >= 11 is 6.02. The number of nitrogens with one attached hydrogen (secondary N) is 2. The van der Waals surface area contributed by atoms with E-state index in [4.69, 9.17) is 11.6 Å². The topological polar surface area (TPSA) is 69.6 Å². The van der Waals surface area contributed by atoms with Crippen LogP contribution in [-0.2, 0) is 6.18 Å². The standard InChI is InChI=1S/C23H19ClF3N5O/c1-22(30-19-4-2-3-13-28-19)14-32(31-20(22)15-5-9-17(24)10-6-15)21(33)29-18-11-7-16(8-12-18)23(25,26)27/h2-13H,14H2,1H3,(H,28,30)(H,29,33). The van der Waals surface area contributed by atoms with Gasteiger partial charge < -0.3 is 10.6 Å². The lowest BCUT2D eigenvalue weighted by molar-refractivity contribution is -0.137. The quantitative estimate of drug-likeness (QED) is 0.497. The van der Waals surface area contributed by atoms with Crippen LogP contribution in [0.15, 0.2) is 78.0 Å². The predicted molar refractivity (Wildman–Crippen MR) is 121 cm³/mol. The SMILES string of the molecule is CC1(Nc2ccccn2)CN(C(=O)Nc2ccc(C(F)(F)F)cc2)N=C1c1ccc(Cl)cc1. The van der Waals surface area contributed by atoms with Crippen LogP contribution < -0.4 is 10.6 Å². The van der Waals surface area contributed by atoms with E-state index in [1.807, 2.05) is 13.0 Å². The maximum atomic E-state index is 12.9. The molecule has 2 heterocycles. The summed E-state index contributed by atoms with van der Waals surface area (Å²) in [5, 5.41) is 12.2. The van der Waals surface area contributed by atoms with Crippen LogP contribution >= 0.6 is 11.6 Å². The summed E-state index contributed by atoms with van der Waals surface area (Å²) in [4.78, 5) is 17.2. The number of alkyl halides is 3. The van der Waals surface area contributed by atoms with Crippen LogP contribution in [0.2, 0.25) is 5.02 Å². The highest BCUT2D eigenvalue weighted by atomic mass is 35.5. The Morgan fingerprint density at radius 1 is 1.06 bits per heavy atom. The number of hydrogen-bond donors (Lipinski definition) is 2. The molecule has 1 aliphatic heterocycles. The molecule has 2 amide bonds. The molecule has 0 saturated carbocycles. The van der Waals surface area contributed by atoms with Crippen molar-refractivity contribution < 1.29 is 18.0 Å². The molecule has 0 saturated heterocycles. The number of benzene rings is 2. The van der Waals surface area contributed by atoms with Crippen molar-refractivity contribution in [1.82, 2.24) is 9.99 Å². The van der Waals surface area contributed by atoms with E-state index in [0.29, 0.717) is 16.6 Å². The van der Waals surface area contributed by atoms with Crippen LogP contribution in [0, 0.1) is 0 Å². The monoisotopic (exact) mass is 473 g/mol. The van der Waals surface area contributed by atoms with Crippen molar-refractivity contribution in [2.45, 2.75) is 18.6 Å². The molecule has 1 aromatic heterocycles. The maximum absolute atomic E-state index is 12.9. The molecule has 33 heavy (non-hydrogen) atoms. The van der Waals surface area contributed by atoms with Crippen molar-refractivity contribution in [3.05, 3.63) is 89.1 Å². The van der Waals surface area contributed by atoms with Gasteiger partial charge in [0.15, 0.2) is 0 Å². The van der Waals surface area contributed by atoms with Crippen molar-refractivity contribution in [2.75, 3.05) is 17.2 Å². The minimum absolute atomic E-state index is 0.161. The molecule has 0 aliphatic carbocycles. The number of amides is 2. The second kappa shape index (κ2) is 8.74. The highest BCUT2D eigenvalue weighted by Crippen LogP contribution is 2.31. The zero-order chi connectivity index (χ0) is 23.6. The van der Waals surface area contributed by atoms with Crippen LogP contribution in [0.25, 0.3) is 0 Å². The van der Waals surface area contributed by atoms with Crippen molar-refractivity contribution in [1.29, 1.82) is 0 Å². The second-order valence-corrected chi connectivity index (χ2v) is 8.13. The fourth-order valence-electron chi connectivity index (χ4n) is 3.49. The Kier molecular flexibility index (Phi) is 5.99. The highest BCUT2D eigenvalue weighted by Gasteiger charge is 2.42. The number of hydrazone groups is 1. The minimum atomic E-state index is -4.45. The largest absolute Gasteiger partial charge is 0.416 e. The lowest BCUT2D eigenvalue weighted by Gasteiger charge is -2.28. The molecule has 10 heteroatoms. The van der Waals surface area contributed by atoms with Crippen LogP contribution in [0.1, 0.15) is 18.1 Å². The summed E-state index contributed by atoms with van der Waals surface area (Å²) in [5.74, 6) is 0.603. The van der Waals surface area contributed by atoms with Gasteiger partial charge in [-0.3, -0.25) is 0 Å². The lowest BCUT2D eigenvalue weighted by Crippen LogP contribution is -2.47. The summed E-state index contributed by atoms with van der Waals surface area (Å²) in [6, 6.07) is 16.1. The molecular formula is C23H19ClF3N5O. The molecule has 1 unspecified atom stereocenters. The molecule has 0 bridgehead atoms. The molecule has 4 rings (SSSR count). The normalized spacial score (nSPS) is 18.1. The van der Waals surface area contributed by atoms with E-state index in [1.165, 1.54) is 17.1 Å². The predicted octanol–water partition coefficient (Wildman–Crippen LogP) is 5.88. The zero-order valence-electron chi connectivity index (χ0n) is 17.4. The minimum Gasteiger partial charge on any atom is -0.357 e. The first-order valence-electron chi connectivity index (χ1n) is 9.94. The Bertz CT molecular complexity index is 1170. The van der Waals surface area contributed by atoms with Gasteiger partial charge in [-0.2, -0.15) is 18.3 Å². The van der Waals surface area contributed by atoms with Gasteiger partial charge >= 0.3 is 12.2 Å². The molecule has 2 N–H and O–H groups in total. The van der Waals surface area contributed by atoms with Gasteiger partial charge in [0.25, 0.3) is 0 Å². The third-order valence-electron chi connectivity index (χ3n) is 5.09. The number of pyridine rings is 1. The smallest absolute Gasteiger partial charge is 0.357 e. The van der Waals surface area contributed by atoms with Gasteiger partial charge in [0.05, 0.1) is 17.8 Å². The number of rotatable bonds is 4. The first-order chi connectivity index (χ1) is 15.6. The number of aromatic nitrogens is 1. The van der Waals surface area contributed by atoms with Crippen LogP contribution in [0.5, 0.6) is 0 Å². The van der Waals surface area contributed by atoms with E-state index >= 15 is 0 Å². The highest BCUT2D eigenvalue weighted by molar-refractivity contribution is 6.30. The molecule has 3 aromatic rings. The molecule has 1 aliphatic rings. The van der Waals surface area contributed by atoms with E-state index in [0.717, 1.165) is 17.7 Å². The fourth-order valence-corrected chi connectivity index (χ4v) is 3.62. The number of anilines is 2. The third-order valence-corrected chi connectivity index (χ3v) is 5.35. The maximum Gasteiger partial charge on any atom is 0.416 e. The van der Waals surface area contributed by atoms with Gasteiger partial charge in [-0.1, -0.05) is 29.8 Å². The first-order valence-corrected chi connectivity index (χ1v) is 10.3. The third kappa shape index (κ3) is 5.09. The van der Waals surface area contributed by atoms with Gasteiger partial charge in [-0.25, -0.2) is 14.8 Å². The molecule has 1 atom stereocenters. The molecule has 6 nitrogen and oxygen atoms in total. The van der Waals surface area contributed by atoms with E-state index in [2.05, 4.69) is 20.7 Å². The lowest BCUT2D eigenvalue weighted by atomic mass is 9.91. The molecule has 0 spiro atoms. The first kappa shape index (κ1) is 22.6. The van der Waals surface area contributed by atoms with Gasteiger partial charge in [-0.05, 0) is 55.5 Å². The van der Waals surface area contributed by atoms with Crippen molar-refractivity contribution >= 4 is 34.8 Å². The number of halogens is 4. The molecule has 170 valence electrons. The summed E-state index contributed by atoms with van der Waals surface area (Å²) in [6.07, 6.45) is -2.80. The van der Waals surface area contributed by atoms with Gasteiger partial charge in [0, 0.05) is 22.5 Å². The van der Waals surface area contributed by atoms with Crippen LogP contribution in [0.4, 0.5) is 29.5 Å². The number of nitrogens with zero attached hydrogens (tertiary/aromatic N) is 3. The molecular weight excluding hydrogens is 455 g/mol. The Balaban J connectivity index is 1.59. The van der Waals surface area contributed by atoms with Gasteiger partial charge in [-0.15, -0.1) is 0 Å². The van der Waals surface area contributed by atoms with E-state index < -0.39 is 23.3 Å². The summed E-state index contributed by atoms with van der Waals surface area (Å²) in [7, 11) is 0. The number of urea groups is 1. The van der Waals surface area contributed by atoms with E-state index in [-0.39, 0.29) is 12.2 Å². The number of carbonyl (C=O) groups is 1. The molecule has 2 aromatic carbocycles. The van der Waals surface area contributed by atoms with Gasteiger partial charge in [0.2, 0.25) is 0 Å². The Labute approximate surface area is 193 Å². The van der Waals surface area contributed by atoms with Crippen molar-refractivity contribution in [3.8, 4) is 0 Å². The summed E-state index contributed by atoms with van der Waals surface area (Å²) < 4.78 is 38.4. The van der Waals surface area contributed by atoms with E-state index in [9.17, 15) is 18.0 Å². The Hall–Kier alpha value is -3.59. The zero-order valence-corrected chi connectivity index (χ0v) is 18.2. The number of carbonyl (C=O) groups excluding carboxylic acids is 1. The average molecular weight is 474 g/mol. The summed E-state index contributed by atoms with van der Waals surface area (Å²) in [5.41, 5.74) is -0.0124. The average Bonchev–Trinajstić information content (AvgIpc) is 3.12. The van der Waals surface area contributed by atoms with Crippen LogP contribution in [0.3, 0.4) is 0 Å². The Morgan fingerprint density at radius 3 is 2.36 bits per heavy atom. The number of hydrogen-bond acceptors (Lipinski definition) is 4. The van der Waals surface area contributed by atoms with Crippen molar-refractivity contribution in [3.63, 3.8) is 0 Å². The summed E-state index contributed by atoms with van der Waals surface area (Å²) in [6.45, 7) is 2.05. The second-order valence-electron chi connectivity index (χ2n) is 7.69. The van der Waals surface area contributed by atoms with E-state index in [1.54, 1.807) is 42.6 Å². The van der Waals surface area contributed by atoms with Crippen LogP contribution in [-0.4, -0.2) is 33.8 Å².